The number of furan rings is 1. The zero-order valence-electron chi connectivity index (χ0n) is 13.9. The van der Waals surface area contributed by atoms with E-state index in [9.17, 15) is 22.9 Å². The number of phosphoric ester groups is 1. The Hall–Kier alpha value is -3.01. The van der Waals surface area contributed by atoms with Crippen LogP contribution in [-0.2, 0) is 26.8 Å². The lowest BCUT2D eigenvalue weighted by molar-refractivity contribution is 0.118. The van der Waals surface area contributed by atoms with Crippen LogP contribution in [0.25, 0.3) is 5.88 Å². The van der Waals surface area contributed by atoms with Gasteiger partial charge in [-0.2, -0.15) is 4.39 Å². The van der Waals surface area contributed by atoms with Crippen LogP contribution in [0.4, 0.5) is 8.78 Å². The number of nitrogens with zero attached hydrogens (tertiary/aromatic N) is 1. The van der Waals surface area contributed by atoms with Gasteiger partial charge in [-0.15, -0.1) is 0 Å². The molecule has 0 saturated carbocycles. The smallest absolute Gasteiger partial charge is 0.438 e. The first kappa shape index (κ1) is 18.4. The van der Waals surface area contributed by atoms with Crippen molar-refractivity contribution in [2.75, 3.05) is 0 Å². The second kappa shape index (κ2) is 6.86. The largest absolute Gasteiger partial charge is 0.530 e. The van der Waals surface area contributed by atoms with Gasteiger partial charge >= 0.3 is 13.5 Å². The summed E-state index contributed by atoms with van der Waals surface area (Å²) < 4.78 is 60.7. The maximum Gasteiger partial charge on any atom is 0.530 e. The lowest BCUT2D eigenvalue weighted by Crippen LogP contribution is -2.30. The number of aromatic amines is 1. The number of hydrogen-bond donors (Lipinski definition) is 1. The van der Waals surface area contributed by atoms with E-state index >= 15 is 0 Å². The second-order valence-corrected chi connectivity index (χ2v) is 7.29. The molecule has 1 aliphatic heterocycles. The molecule has 0 fully saturated rings. The molecule has 28 heavy (non-hydrogen) atoms. The summed E-state index contributed by atoms with van der Waals surface area (Å²) in [5.41, 5.74) is -1.70. The van der Waals surface area contributed by atoms with E-state index in [0.717, 1.165) is 0 Å². The van der Waals surface area contributed by atoms with E-state index < -0.39 is 30.7 Å². The van der Waals surface area contributed by atoms with E-state index in [4.69, 9.17) is 18.0 Å². The van der Waals surface area contributed by atoms with Gasteiger partial charge in [0.25, 0.3) is 5.56 Å². The summed E-state index contributed by atoms with van der Waals surface area (Å²) in [7, 11) is -4.04. The molecule has 1 atom stereocenters. The third kappa shape index (κ3) is 3.55. The van der Waals surface area contributed by atoms with Crippen molar-refractivity contribution in [3.63, 3.8) is 0 Å². The maximum atomic E-state index is 13.4. The van der Waals surface area contributed by atoms with Crippen LogP contribution in [-0.4, -0.2) is 9.55 Å². The van der Waals surface area contributed by atoms with E-state index in [2.05, 4.69) is 0 Å². The molecule has 9 nitrogen and oxygen atoms in total. The Balaban J connectivity index is 1.56. The highest BCUT2D eigenvalue weighted by molar-refractivity contribution is 7.49. The number of benzene rings is 1. The normalized spacial score (nSPS) is 18.5. The number of fused-ring (bicyclic) bond motifs is 1. The molecule has 3 aromatic rings. The fourth-order valence-corrected chi connectivity index (χ4v) is 3.59. The van der Waals surface area contributed by atoms with Crippen LogP contribution >= 0.6 is 7.82 Å². The van der Waals surface area contributed by atoms with Gasteiger partial charge in [-0.3, -0.25) is 18.8 Å². The van der Waals surface area contributed by atoms with Crippen LogP contribution in [0.5, 0.6) is 5.75 Å². The number of aromatic nitrogens is 2. The maximum absolute atomic E-state index is 13.4. The monoisotopic (exact) mass is 412 g/mol. The van der Waals surface area contributed by atoms with E-state index in [-0.39, 0.29) is 30.6 Å². The highest BCUT2D eigenvalue weighted by atomic mass is 31.2. The molecular formula is C16H11F2N2O7P. The molecule has 1 unspecified atom stereocenters. The highest BCUT2D eigenvalue weighted by Crippen LogP contribution is 2.55. The molecule has 1 N–H and O–H groups in total. The number of rotatable bonds is 4. The molecule has 12 heteroatoms. The minimum Gasteiger partial charge on any atom is -0.438 e. The van der Waals surface area contributed by atoms with Crippen LogP contribution in [0.15, 0.2) is 50.5 Å². The Morgan fingerprint density at radius 1 is 1.25 bits per heavy atom. The van der Waals surface area contributed by atoms with Gasteiger partial charge in [-0.1, -0.05) is 12.1 Å². The Morgan fingerprint density at radius 3 is 2.86 bits per heavy atom. The Bertz CT molecular complexity index is 1220. The van der Waals surface area contributed by atoms with Crippen molar-refractivity contribution in [3.05, 3.63) is 80.3 Å². The van der Waals surface area contributed by atoms with Gasteiger partial charge in [0.05, 0.1) is 12.8 Å². The van der Waals surface area contributed by atoms with Crippen LogP contribution in [0.2, 0.25) is 0 Å². The molecule has 1 aliphatic rings. The number of phosphoric acid groups is 1. The molecule has 1 aromatic carbocycles. The fraction of sp³-hybridized carbons (Fsp3) is 0.125. The average molecular weight is 412 g/mol. The van der Waals surface area contributed by atoms with Crippen molar-refractivity contribution in [1.29, 1.82) is 0 Å². The first-order valence-corrected chi connectivity index (χ1v) is 9.27. The summed E-state index contributed by atoms with van der Waals surface area (Å²) in [6.07, 6.45) is 0.645. The van der Waals surface area contributed by atoms with Crippen molar-refractivity contribution >= 4 is 7.82 Å². The van der Waals surface area contributed by atoms with Crippen LogP contribution in [0.1, 0.15) is 11.3 Å². The summed E-state index contributed by atoms with van der Waals surface area (Å²) in [6, 6.07) is 6.66. The predicted octanol–water partition coefficient (Wildman–Crippen LogP) is 2.63. The Morgan fingerprint density at radius 2 is 2.07 bits per heavy atom. The molecule has 0 bridgehead atoms. The highest BCUT2D eigenvalue weighted by Gasteiger charge is 2.37. The number of nitrogens with one attached hydrogen (secondary N) is 1. The number of hydrogen-bond acceptors (Lipinski definition) is 7. The standard InChI is InChI=1S/C16H11F2N2O7P/c17-10-3-1-2-9(4-10)7-24-28(23)25-8-13-12(27-28)5-14(26-13)20-6-11(18)15(21)19-16(20)22/h1-6H,7-8H2,(H,19,21,22). The second-order valence-electron chi connectivity index (χ2n) is 5.69. The minimum absolute atomic E-state index is 0.0395. The lowest BCUT2D eigenvalue weighted by atomic mass is 10.2. The van der Waals surface area contributed by atoms with Gasteiger partial charge in [0.1, 0.15) is 12.4 Å². The van der Waals surface area contributed by atoms with Gasteiger partial charge < -0.3 is 8.94 Å². The van der Waals surface area contributed by atoms with Gasteiger partial charge in [0.15, 0.2) is 11.5 Å². The van der Waals surface area contributed by atoms with E-state index in [0.29, 0.717) is 16.3 Å². The van der Waals surface area contributed by atoms with Crippen molar-refractivity contribution in [1.82, 2.24) is 9.55 Å². The van der Waals surface area contributed by atoms with Crippen molar-refractivity contribution in [2.24, 2.45) is 0 Å². The molecule has 0 saturated heterocycles. The summed E-state index contributed by atoms with van der Waals surface area (Å²) in [6.45, 7) is -0.546. The SMILES string of the molecule is O=c1[nH]c(=O)n(-c2cc3c(o2)COP(=O)(OCc2cccc(F)c2)O3)cc1F. The first-order chi connectivity index (χ1) is 13.3. The van der Waals surface area contributed by atoms with E-state index in [1.54, 1.807) is 11.1 Å². The molecule has 0 spiro atoms. The van der Waals surface area contributed by atoms with Gasteiger partial charge in [-0.05, 0) is 17.7 Å². The summed E-state index contributed by atoms with van der Waals surface area (Å²) in [5, 5.41) is 0. The third-order valence-electron chi connectivity index (χ3n) is 3.74. The molecule has 0 amide bonds. The molecule has 3 heterocycles. The number of halogens is 2. The Kier molecular flexibility index (Phi) is 4.50. The topological polar surface area (TPSA) is 113 Å². The van der Waals surface area contributed by atoms with Crippen molar-refractivity contribution in [2.45, 2.75) is 13.2 Å². The molecule has 0 radical (unpaired) electrons. The van der Waals surface area contributed by atoms with Crippen LogP contribution in [0, 0.1) is 11.6 Å². The van der Waals surface area contributed by atoms with Gasteiger partial charge in [-0.25, -0.2) is 18.3 Å². The summed E-state index contributed by atoms with van der Waals surface area (Å²) in [4.78, 5) is 24.7. The number of H-pyrrole nitrogens is 1. The van der Waals surface area contributed by atoms with E-state index in [1.165, 1.54) is 24.3 Å². The molecule has 2 aromatic heterocycles. The summed E-state index contributed by atoms with van der Waals surface area (Å²) >= 11 is 0. The van der Waals surface area contributed by atoms with Gasteiger partial charge in [0, 0.05) is 6.07 Å². The first-order valence-electron chi connectivity index (χ1n) is 7.81. The predicted molar refractivity (Wildman–Crippen MR) is 89.1 cm³/mol. The molecule has 0 aliphatic carbocycles. The zero-order valence-corrected chi connectivity index (χ0v) is 14.8. The lowest BCUT2D eigenvalue weighted by Gasteiger charge is -2.21. The van der Waals surface area contributed by atoms with Crippen LogP contribution < -0.4 is 15.8 Å². The molecule has 146 valence electrons. The average Bonchev–Trinajstić information content (AvgIpc) is 3.06. The van der Waals surface area contributed by atoms with E-state index in [1.807, 2.05) is 0 Å². The summed E-state index contributed by atoms with van der Waals surface area (Å²) in [5.74, 6) is -1.83. The van der Waals surface area contributed by atoms with Crippen molar-refractivity contribution < 1.29 is 31.3 Å². The Labute approximate surface area is 154 Å². The zero-order chi connectivity index (χ0) is 19.9. The molecular weight excluding hydrogens is 401 g/mol. The molecule has 4 rings (SSSR count). The van der Waals surface area contributed by atoms with Gasteiger partial charge in [0.2, 0.25) is 11.7 Å². The quantitative estimate of drug-likeness (QED) is 0.656. The third-order valence-corrected chi connectivity index (χ3v) is 5.05. The van der Waals surface area contributed by atoms with Crippen molar-refractivity contribution in [3.8, 4) is 11.6 Å². The van der Waals surface area contributed by atoms with Crippen LogP contribution in [0.3, 0.4) is 0 Å². The fourth-order valence-electron chi connectivity index (χ4n) is 2.44. The minimum atomic E-state index is -4.04.